The number of nitrogens with one attached hydrogen (secondary N) is 2. The van der Waals surface area contributed by atoms with Crippen LogP contribution in [-0.4, -0.2) is 53.4 Å². The Morgan fingerprint density at radius 3 is 2.53 bits per heavy atom. The number of nitrogens with two attached hydrogens (primary N) is 1. The van der Waals surface area contributed by atoms with Crippen molar-refractivity contribution < 1.29 is 22.8 Å². The summed E-state index contributed by atoms with van der Waals surface area (Å²) in [6.45, 7) is 1.21. The second-order valence-corrected chi connectivity index (χ2v) is 8.99. The summed E-state index contributed by atoms with van der Waals surface area (Å²) in [6.07, 6.45) is 3.26. The van der Waals surface area contributed by atoms with E-state index in [0.717, 1.165) is 62.2 Å². The van der Waals surface area contributed by atoms with Crippen LogP contribution in [0.15, 0.2) is 42.7 Å². The number of hydrogen-bond acceptors (Lipinski definition) is 5. The Kier molecular flexibility index (Phi) is 7.06. The molecule has 2 heterocycles. The normalized spacial score (nSPS) is 21.5. The van der Waals surface area contributed by atoms with E-state index in [9.17, 15) is 22.8 Å². The molecule has 4 N–H and O–H groups in total. The van der Waals surface area contributed by atoms with Crippen LogP contribution in [0.2, 0.25) is 0 Å². The van der Waals surface area contributed by atoms with Gasteiger partial charge in [-0.2, -0.15) is 13.2 Å². The zero-order valence-electron chi connectivity index (χ0n) is 18.6. The Morgan fingerprint density at radius 1 is 1.12 bits per heavy atom. The minimum Gasteiger partial charge on any atom is -0.398 e. The Morgan fingerprint density at radius 2 is 1.85 bits per heavy atom. The van der Waals surface area contributed by atoms with Crippen molar-refractivity contribution in [3.05, 3.63) is 59.4 Å². The zero-order valence-corrected chi connectivity index (χ0v) is 18.6. The van der Waals surface area contributed by atoms with Crippen LogP contribution >= 0.6 is 0 Å². The van der Waals surface area contributed by atoms with Gasteiger partial charge in [-0.3, -0.25) is 19.5 Å². The monoisotopic (exact) mass is 475 g/mol. The molecule has 0 atom stereocenters. The third-order valence-electron chi connectivity index (χ3n) is 6.68. The van der Waals surface area contributed by atoms with Crippen LogP contribution < -0.4 is 16.4 Å². The number of anilines is 1. The van der Waals surface area contributed by atoms with Crippen molar-refractivity contribution in [1.29, 1.82) is 0 Å². The van der Waals surface area contributed by atoms with Crippen LogP contribution in [0.4, 0.5) is 18.9 Å². The molecular weight excluding hydrogens is 447 g/mol. The molecule has 1 aliphatic carbocycles. The zero-order chi connectivity index (χ0) is 24.3. The lowest BCUT2D eigenvalue weighted by atomic mass is 9.80. The number of nitrogens with zero attached hydrogens (tertiary/aromatic N) is 2. The Bertz CT molecular complexity index is 1030. The van der Waals surface area contributed by atoms with Crippen LogP contribution in [-0.2, 0) is 11.0 Å². The van der Waals surface area contributed by atoms with E-state index >= 15 is 0 Å². The minimum atomic E-state index is -4.53. The third-order valence-corrected chi connectivity index (χ3v) is 6.68. The number of aromatic nitrogens is 1. The second-order valence-electron chi connectivity index (χ2n) is 8.99. The van der Waals surface area contributed by atoms with Crippen LogP contribution in [0.3, 0.4) is 0 Å². The van der Waals surface area contributed by atoms with E-state index in [1.165, 1.54) is 12.1 Å². The molecular formula is C24H28F3N5O2. The number of halogens is 3. The maximum Gasteiger partial charge on any atom is 0.416 e. The first-order valence-electron chi connectivity index (χ1n) is 11.4. The molecule has 10 heteroatoms. The first-order chi connectivity index (χ1) is 16.2. The molecule has 182 valence electrons. The molecule has 34 heavy (non-hydrogen) atoms. The average Bonchev–Trinajstić information content (AvgIpc) is 2.79. The van der Waals surface area contributed by atoms with Gasteiger partial charge in [0.1, 0.15) is 0 Å². The molecule has 2 aliphatic rings. The lowest BCUT2D eigenvalue weighted by Gasteiger charge is -2.46. The smallest absolute Gasteiger partial charge is 0.398 e. The predicted molar refractivity (Wildman–Crippen MR) is 121 cm³/mol. The maximum absolute atomic E-state index is 12.8. The summed E-state index contributed by atoms with van der Waals surface area (Å²) in [4.78, 5) is 30.9. The molecule has 2 amide bonds. The number of rotatable bonds is 6. The van der Waals surface area contributed by atoms with Gasteiger partial charge in [-0.1, -0.05) is 6.07 Å². The van der Waals surface area contributed by atoms with Crippen molar-refractivity contribution in [3.63, 3.8) is 0 Å². The Hall–Kier alpha value is -3.14. The number of alkyl halides is 3. The fourth-order valence-corrected chi connectivity index (χ4v) is 4.79. The highest BCUT2D eigenvalue weighted by atomic mass is 19.4. The summed E-state index contributed by atoms with van der Waals surface area (Å²) in [5.74, 6) is -0.648. The number of benzene rings is 1. The number of likely N-dealkylation sites (tertiary alicyclic amines) is 1. The van der Waals surface area contributed by atoms with E-state index in [1.807, 2.05) is 12.3 Å². The summed E-state index contributed by atoms with van der Waals surface area (Å²) < 4.78 is 38.4. The molecule has 1 aliphatic heterocycles. The highest BCUT2D eigenvalue weighted by Gasteiger charge is 2.36. The third kappa shape index (κ3) is 5.67. The predicted octanol–water partition coefficient (Wildman–Crippen LogP) is 2.94. The number of amides is 2. The quantitative estimate of drug-likeness (QED) is 0.597. The van der Waals surface area contributed by atoms with E-state index in [0.29, 0.717) is 12.0 Å². The lowest BCUT2D eigenvalue weighted by molar-refractivity contribution is -0.137. The van der Waals surface area contributed by atoms with Crippen LogP contribution in [0.25, 0.3) is 0 Å². The second kappa shape index (κ2) is 10.0. The van der Waals surface area contributed by atoms with Gasteiger partial charge in [-0.15, -0.1) is 0 Å². The molecule has 0 unspecified atom stereocenters. The van der Waals surface area contributed by atoms with E-state index < -0.39 is 17.6 Å². The topological polar surface area (TPSA) is 100 Å². The van der Waals surface area contributed by atoms with Crippen molar-refractivity contribution in [2.24, 2.45) is 0 Å². The van der Waals surface area contributed by atoms with Crippen molar-refractivity contribution in [1.82, 2.24) is 20.5 Å². The molecule has 2 aromatic rings. The molecule has 7 nitrogen and oxygen atoms in total. The fraction of sp³-hybridized carbons (Fsp3) is 0.458. The van der Waals surface area contributed by atoms with Gasteiger partial charge in [0.2, 0.25) is 5.91 Å². The molecule has 1 saturated carbocycles. The number of carbonyl (C=O) groups excluding carboxylic acids is 2. The van der Waals surface area contributed by atoms with Gasteiger partial charge in [0, 0.05) is 42.8 Å². The summed E-state index contributed by atoms with van der Waals surface area (Å²) in [7, 11) is 0. The largest absolute Gasteiger partial charge is 0.416 e. The number of carbonyl (C=O) groups is 2. The van der Waals surface area contributed by atoms with Crippen molar-refractivity contribution in [3.8, 4) is 0 Å². The highest BCUT2D eigenvalue weighted by Crippen LogP contribution is 2.37. The molecule has 0 bridgehead atoms. The molecule has 1 saturated heterocycles. The van der Waals surface area contributed by atoms with Gasteiger partial charge in [-0.25, -0.2) is 0 Å². The van der Waals surface area contributed by atoms with Crippen LogP contribution in [0, 0.1) is 0 Å². The highest BCUT2D eigenvalue weighted by molar-refractivity contribution is 5.96. The van der Waals surface area contributed by atoms with Gasteiger partial charge in [0.25, 0.3) is 5.91 Å². The van der Waals surface area contributed by atoms with Gasteiger partial charge in [0.15, 0.2) is 0 Å². The van der Waals surface area contributed by atoms with Crippen LogP contribution in [0.1, 0.15) is 53.1 Å². The first kappa shape index (κ1) is 24.0. The van der Waals surface area contributed by atoms with Crippen molar-refractivity contribution in [2.45, 2.75) is 49.9 Å². The molecule has 1 aromatic heterocycles. The Balaban J connectivity index is 1.16. The standard InChI is InChI=1S/C24H28F3N5O2/c25-24(26,27)17-3-1-2-16(10-17)23(34)30-12-22(33)31-18-13-32(14-18)19-6-4-15(5-7-19)20-11-29-9-8-21(20)28/h1-3,8-11,15,18-19H,4-7,12-14H2,(H2,28,29)(H,30,34)(H,31,33). The van der Waals surface area contributed by atoms with Crippen molar-refractivity contribution in [2.75, 3.05) is 25.4 Å². The molecule has 1 aromatic carbocycles. The van der Waals surface area contributed by atoms with E-state index in [1.54, 1.807) is 6.20 Å². The summed E-state index contributed by atoms with van der Waals surface area (Å²) >= 11 is 0. The van der Waals surface area contributed by atoms with Crippen LogP contribution in [0.5, 0.6) is 0 Å². The van der Waals surface area contributed by atoms with Gasteiger partial charge in [0.05, 0.1) is 18.2 Å². The summed E-state index contributed by atoms with van der Waals surface area (Å²) in [6, 6.07) is 6.43. The number of nitrogen functional groups attached to an aromatic ring is 1. The SMILES string of the molecule is Nc1ccncc1C1CCC(N2CC(NC(=O)CNC(=O)c3cccc(C(F)(F)F)c3)C2)CC1. The van der Waals surface area contributed by atoms with Gasteiger partial charge in [-0.05, 0) is 61.4 Å². The van der Waals surface area contributed by atoms with Gasteiger partial charge >= 0.3 is 6.18 Å². The molecule has 4 rings (SSSR count). The van der Waals surface area contributed by atoms with E-state index in [4.69, 9.17) is 5.73 Å². The lowest BCUT2D eigenvalue weighted by Crippen LogP contribution is -2.63. The van der Waals surface area contributed by atoms with E-state index in [-0.39, 0.29) is 24.1 Å². The average molecular weight is 476 g/mol. The molecule has 0 radical (unpaired) electrons. The van der Waals surface area contributed by atoms with Gasteiger partial charge < -0.3 is 16.4 Å². The Labute approximate surface area is 195 Å². The minimum absolute atomic E-state index is 0.00431. The molecule has 0 spiro atoms. The summed E-state index contributed by atoms with van der Waals surface area (Å²) in [5.41, 5.74) is 6.97. The van der Waals surface area contributed by atoms with Crippen molar-refractivity contribution >= 4 is 17.5 Å². The fourth-order valence-electron chi connectivity index (χ4n) is 4.79. The maximum atomic E-state index is 12.8. The number of hydrogen-bond donors (Lipinski definition) is 3. The number of pyridine rings is 1. The van der Waals surface area contributed by atoms with E-state index in [2.05, 4.69) is 20.5 Å². The first-order valence-corrected chi connectivity index (χ1v) is 11.4. The summed E-state index contributed by atoms with van der Waals surface area (Å²) in [5, 5.41) is 5.25. The molecule has 2 fully saturated rings.